The van der Waals surface area contributed by atoms with Crippen molar-refractivity contribution in [2.75, 3.05) is 0 Å². The molecule has 0 radical (unpaired) electrons. The third-order valence-corrected chi connectivity index (χ3v) is 4.12. The fourth-order valence-electron chi connectivity index (χ4n) is 2.75. The van der Waals surface area contributed by atoms with Crippen molar-refractivity contribution in [2.24, 2.45) is 10.2 Å². The van der Waals surface area contributed by atoms with Gasteiger partial charge in [0.1, 0.15) is 5.71 Å². The number of hydrogen-bond acceptors (Lipinski definition) is 4. The third kappa shape index (κ3) is 3.20. The first kappa shape index (κ1) is 15.9. The quantitative estimate of drug-likeness (QED) is 0.909. The molecule has 5 heteroatoms. The van der Waals surface area contributed by atoms with Crippen LogP contribution in [0.15, 0.2) is 46.6 Å². The van der Waals surface area contributed by atoms with Crippen LogP contribution in [-0.2, 0) is 19.6 Å². The van der Waals surface area contributed by atoms with Gasteiger partial charge in [-0.2, -0.15) is 5.10 Å². The van der Waals surface area contributed by atoms with E-state index in [9.17, 15) is 10.2 Å². The molecule has 0 aromatic heterocycles. The molecule has 2 aromatic carbocycles. The molecule has 0 bridgehead atoms. The zero-order valence-electron chi connectivity index (χ0n) is 12.8. The molecule has 0 aliphatic carbocycles. The Kier molecular flexibility index (Phi) is 4.57. The van der Waals surface area contributed by atoms with Gasteiger partial charge in [0.15, 0.2) is 0 Å². The van der Waals surface area contributed by atoms with Crippen molar-refractivity contribution in [3.05, 3.63) is 69.2 Å². The average Bonchev–Trinajstić information content (AvgIpc) is 2.71. The molecule has 0 spiro atoms. The number of aliphatic hydroxyl groups is 2. The van der Waals surface area contributed by atoms with Gasteiger partial charge in [-0.15, -0.1) is 5.10 Å². The van der Waals surface area contributed by atoms with Crippen molar-refractivity contribution in [1.82, 2.24) is 0 Å². The molecule has 0 saturated heterocycles. The predicted molar refractivity (Wildman–Crippen MR) is 92.2 cm³/mol. The lowest BCUT2D eigenvalue weighted by molar-refractivity contribution is 0.260. The largest absolute Gasteiger partial charge is 0.392 e. The molecule has 2 N–H and O–H groups in total. The van der Waals surface area contributed by atoms with Crippen LogP contribution in [0.3, 0.4) is 0 Å². The maximum atomic E-state index is 9.57. The summed E-state index contributed by atoms with van der Waals surface area (Å²) in [5.41, 5.74) is 5.85. The van der Waals surface area contributed by atoms with Gasteiger partial charge >= 0.3 is 0 Å². The van der Waals surface area contributed by atoms with Crippen molar-refractivity contribution in [3.63, 3.8) is 0 Å². The summed E-state index contributed by atoms with van der Waals surface area (Å²) in [5, 5.41) is 28.4. The molecule has 4 nitrogen and oxygen atoms in total. The highest BCUT2D eigenvalue weighted by molar-refractivity contribution is 6.31. The van der Waals surface area contributed by atoms with Gasteiger partial charge in [0.25, 0.3) is 0 Å². The number of halogens is 1. The molecule has 2 aromatic rings. The van der Waals surface area contributed by atoms with Crippen LogP contribution in [0.5, 0.6) is 0 Å². The highest BCUT2D eigenvalue weighted by Crippen LogP contribution is 2.25. The number of rotatable bonds is 3. The van der Waals surface area contributed by atoms with E-state index in [2.05, 4.69) is 10.2 Å². The Labute approximate surface area is 139 Å². The van der Waals surface area contributed by atoms with Crippen molar-refractivity contribution in [1.29, 1.82) is 0 Å². The number of benzene rings is 2. The van der Waals surface area contributed by atoms with Gasteiger partial charge in [0.05, 0.1) is 13.2 Å². The summed E-state index contributed by atoms with van der Waals surface area (Å²) < 4.78 is 0. The van der Waals surface area contributed by atoms with Crippen molar-refractivity contribution < 1.29 is 10.2 Å². The average molecular weight is 329 g/mol. The zero-order valence-corrected chi connectivity index (χ0v) is 13.5. The molecular formula is C18H17ClN2O2. The molecule has 0 fully saturated rings. The minimum Gasteiger partial charge on any atom is -0.392 e. The topological polar surface area (TPSA) is 65.2 Å². The van der Waals surface area contributed by atoms with E-state index in [-0.39, 0.29) is 13.2 Å². The first-order valence-electron chi connectivity index (χ1n) is 7.36. The second-order valence-electron chi connectivity index (χ2n) is 5.57. The maximum Gasteiger partial charge on any atom is 0.100 e. The summed E-state index contributed by atoms with van der Waals surface area (Å²) in [6.07, 6.45) is 0.654. The molecule has 23 heavy (non-hydrogen) atoms. The second kappa shape index (κ2) is 6.62. The molecule has 1 aliphatic rings. The zero-order chi connectivity index (χ0) is 16.4. The molecule has 1 heterocycles. The second-order valence-corrected chi connectivity index (χ2v) is 6.00. The highest BCUT2D eigenvalue weighted by atomic mass is 35.5. The monoisotopic (exact) mass is 328 g/mol. The summed E-state index contributed by atoms with van der Waals surface area (Å²) in [5.74, 6) is 0. The number of hydrogen-bond donors (Lipinski definition) is 2. The van der Waals surface area contributed by atoms with Crippen LogP contribution in [0.25, 0.3) is 0 Å². The molecule has 1 aliphatic heterocycles. The standard InChI is InChI=1S/C18H17ClN2O2/c1-11-5-13-6-14(9-22)15(10-23)8-17(13)18(21-20-11)12-3-2-4-16(19)7-12/h2-4,6-8,22-23H,5,9-10H2,1H3. The van der Waals surface area contributed by atoms with Crippen LogP contribution in [-0.4, -0.2) is 21.6 Å². The Morgan fingerprint density at radius 1 is 1.04 bits per heavy atom. The van der Waals surface area contributed by atoms with E-state index < -0.39 is 0 Å². The van der Waals surface area contributed by atoms with Crippen LogP contribution in [0.1, 0.15) is 34.7 Å². The first-order chi connectivity index (χ1) is 11.1. The van der Waals surface area contributed by atoms with E-state index in [1.165, 1.54) is 0 Å². The minimum absolute atomic E-state index is 0.108. The normalized spacial score (nSPS) is 13.9. The summed E-state index contributed by atoms with van der Waals surface area (Å²) in [6.45, 7) is 1.68. The van der Waals surface area contributed by atoms with Crippen LogP contribution in [0.4, 0.5) is 0 Å². The molecule has 0 amide bonds. The third-order valence-electron chi connectivity index (χ3n) is 3.89. The summed E-state index contributed by atoms with van der Waals surface area (Å²) >= 11 is 6.10. The Hall–Kier alpha value is -2.01. The van der Waals surface area contributed by atoms with Crippen LogP contribution in [0, 0.1) is 0 Å². The SMILES string of the molecule is CC1=NN=C(c2cccc(Cl)c2)c2cc(CO)c(CO)cc2C1. The molecule has 0 saturated carbocycles. The van der Waals surface area contributed by atoms with Gasteiger partial charge in [-0.1, -0.05) is 29.8 Å². The summed E-state index contributed by atoms with van der Waals surface area (Å²) in [6, 6.07) is 11.3. The fourth-order valence-corrected chi connectivity index (χ4v) is 2.94. The molecule has 0 atom stereocenters. The van der Waals surface area contributed by atoms with E-state index in [0.717, 1.165) is 33.7 Å². The van der Waals surface area contributed by atoms with E-state index >= 15 is 0 Å². The van der Waals surface area contributed by atoms with Gasteiger partial charge in [-0.05, 0) is 41.8 Å². The van der Waals surface area contributed by atoms with Gasteiger partial charge in [0.2, 0.25) is 0 Å². The van der Waals surface area contributed by atoms with Gasteiger partial charge in [0, 0.05) is 28.3 Å². The van der Waals surface area contributed by atoms with Crippen LogP contribution < -0.4 is 0 Å². The first-order valence-corrected chi connectivity index (χ1v) is 7.74. The van der Waals surface area contributed by atoms with Gasteiger partial charge < -0.3 is 10.2 Å². The lowest BCUT2D eigenvalue weighted by atomic mass is 9.91. The van der Waals surface area contributed by atoms with E-state index in [0.29, 0.717) is 17.0 Å². The number of nitrogens with zero attached hydrogens (tertiary/aromatic N) is 2. The lowest BCUT2D eigenvalue weighted by Gasteiger charge is -2.14. The Morgan fingerprint density at radius 2 is 1.78 bits per heavy atom. The minimum atomic E-state index is -0.133. The predicted octanol–water partition coefficient (Wildman–Crippen LogP) is 3.09. The Bertz CT molecular complexity index is 813. The highest BCUT2D eigenvalue weighted by Gasteiger charge is 2.18. The van der Waals surface area contributed by atoms with Crippen LogP contribution >= 0.6 is 11.6 Å². The maximum absolute atomic E-state index is 9.57. The van der Waals surface area contributed by atoms with Crippen molar-refractivity contribution >= 4 is 23.0 Å². The smallest absolute Gasteiger partial charge is 0.100 e. The Morgan fingerprint density at radius 3 is 2.48 bits per heavy atom. The van der Waals surface area contributed by atoms with Crippen molar-refractivity contribution in [3.8, 4) is 0 Å². The summed E-state index contributed by atoms with van der Waals surface area (Å²) in [4.78, 5) is 0. The van der Waals surface area contributed by atoms with Gasteiger partial charge in [-0.25, -0.2) is 0 Å². The molecule has 3 rings (SSSR count). The van der Waals surface area contributed by atoms with Crippen LogP contribution in [0.2, 0.25) is 5.02 Å². The Balaban J connectivity index is 2.22. The molecule has 0 unspecified atom stereocenters. The summed E-state index contributed by atoms with van der Waals surface area (Å²) in [7, 11) is 0. The number of aliphatic hydroxyl groups excluding tert-OH is 2. The van der Waals surface area contributed by atoms with E-state index in [1.807, 2.05) is 43.3 Å². The lowest BCUT2D eigenvalue weighted by Crippen LogP contribution is -2.10. The molecular weight excluding hydrogens is 312 g/mol. The van der Waals surface area contributed by atoms with E-state index in [4.69, 9.17) is 11.6 Å². The van der Waals surface area contributed by atoms with Crippen molar-refractivity contribution in [2.45, 2.75) is 26.6 Å². The van der Waals surface area contributed by atoms with Gasteiger partial charge in [-0.3, -0.25) is 0 Å². The number of fused-ring (bicyclic) bond motifs is 1. The van der Waals surface area contributed by atoms with E-state index in [1.54, 1.807) is 0 Å². The molecule has 118 valence electrons. The fraction of sp³-hybridized carbons (Fsp3) is 0.222.